The van der Waals surface area contributed by atoms with Crippen LogP contribution in [0.25, 0.3) is 0 Å². The molecule has 1 saturated heterocycles. The van der Waals surface area contributed by atoms with Crippen LogP contribution in [0.15, 0.2) is 34.9 Å². The summed E-state index contributed by atoms with van der Waals surface area (Å²) in [5.74, 6) is 0.862. The van der Waals surface area contributed by atoms with Gasteiger partial charge >= 0.3 is 0 Å². The number of pyridine rings is 1. The molecule has 4 rings (SSSR count). The molecule has 2 heterocycles. The monoisotopic (exact) mass is 453 g/mol. The number of nitrogens with one attached hydrogen (secondary N) is 1. The van der Waals surface area contributed by atoms with Gasteiger partial charge in [-0.3, -0.25) is 4.98 Å². The van der Waals surface area contributed by atoms with Gasteiger partial charge in [0.1, 0.15) is 0 Å². The smallest absolute Gasteiger partial charge is 0.0638 e. The molecule has 29 heavy (non-hydrogen) atoms. The van der Waals surface area contributed by atoms with Crippen LogP contribution in [0.1, 0.15) is 73.4 Å². The zero-order valence-corrected chi connectivity index (χ0v) is 19.4. The molecule has 1 aromatic carbocycles. The number of hydrogen-bond donors (Lipinski definition) is 1. The first-order chi connectivity index (χ1) is 14.1. The van der Waals surface area contributed by atoms with Gasteiger partial charge in [-0.2, -0.15) is 5.26 Å². The van der Waals surface area contributed by atoms with E-state index < -0.39 is 0 Å². The van der Waals surface area contributed by atoms with Crippen LogP contribution in [0.4, 0.5) is 0 Å². The Morgan fingerprint density at radius 2 is 1.97 bits per heavy atom. The summed E-state index contributed by atoms with van der Waals surface area (Å²) in [6.45, 7) is 7.41. The first kappa shape index (κ1) is 22.0. The molecule has 1 aliphatic heterocycles. The van der Waals surface area contributed by atoms with E-state index in [0.717, 1.165) is 36.7 Å². The van der Waals surface area contributed by atoms with Gasteiger partial charge in [0.05, 0.1) is 18.2 Å². The lowest BCUT2D eigenvalue weighted by molar-refractivity contribution is 0.279. The second-order valence-electron chi connectivity index (χ2n) is 8.38. The van der Waals surface area contributed by atoms with Crippen molar-refractivity contribution in [3.63, 3.8) is 0 Å². The summed E-state index contributed by atoms with van der Waals surface area (Å²) in [5, 5.41) is 12.6. The Hall–Kier alpha value is -1.70. The number of rotatable bonds is 2. The van der Waals surface area contributed by atoms with Crippen LogP contribution in [0.5, 0.6) is 0 Å². The predicted octanol–water partition coefficient (Wildman–Crippen LogP) is 6.08. The van der Waals surface area contributed by atoms with E-state index in [1.54, 1.807) is 0 Å². The van der Waals surface area contributed by atoms with Gasteiger partial charge in [0, 0.05) is 22.6 Å². The third-order valence-corrected chi connectivity index (χ3v) is 6.34. The first-order valence-corrected chi connectivity index (χ1v) is 11.7. The minimum atomic E-state index is 0.301. The number of hydrogen-bond acceptors (Lipinski definition) is 3. The summed E-state index contributed by atoms with van der Waals surface area (Å²) in [6, 6.07) is 11.8. The number of nitriles is 1. The largest absolute Gasteiger partial charge is 0.313 e. The van der Waals surface area contributed by atoms with Crippen LogP contribution >= 0.6 is 15.9 Å². The SMILES string of the molecule is CCC.Cc1ccc2c(c1)CCc1cc(Br)cnc1C2C1CCNC(CC#N)C1. The fourth-order valence-corrected chi connectivity index (χ4v) is 5.11. The van der Waals surface area contributed by atoms with Crippen LogP contribution in [0.2, 0.25) is 0 Å². The summed E-state index contributed by atoms with van der Waals surface area (Å²) in [4.78, 5) is 4.90. The van der Waals surface area contributed by atoms with E-state index in [-0.39, 0.29) is 0 Å². The van der Waals surface area contributed by atoms with Gasteiger partial charge < -0.3 is 5.32 Å². The Morgan fingerprint density at radius 3 is 2.72 bits per heavy atom. The lowest BCUT2D eigenvalue weighted by Crippen LogP contribution is -2.40. The molecule has 0 radical (unpaired) electrons. The topological polar surface area (TPSA) is 48.7 Å². The lowest BCUT2D eigenvalue weighted by atomic mass is 9.74. The van der Waals surface area contributed by atoms with E-state index in [0.29, 0.717) is 24.3 Å². The fourth-order valence-electron chi connectivity index (χ4n) is 4.73. The minimum Gasteiger partial charge on any atom is -0.313 e. The summed E-state index contributed by atoms with van der Waals surface area (Å²) in [7, 11) is 0. The van der Waals surface area contributed by atoms with Crippen LogP contribution < -0.4 is 5.32 Å². The van der Waals surface area contributed by atoms with Crippen LogP contribution in [0.3, 0.4) is 0 Å². The maximum Gasteiger partial charge on any atom is 0.0638 e. The van der Waals surface area contributed by atoms with Gasteiger partial charge in [-0.05, 0) is 83.8 Å². The van der Waals surface area contributed by atoms with E-state index in [1.807, 2.05) is 6.20 Å². The molecule has 1 aliphatic carbocycles. The van der Waals surface area contributed by atoms with Gasteiger partial charge in [-0.15, -0.1) is 0 Å². The fraction of sp³-hybridized carbons (Fsp3) is 0.520. The molecule has 3 nitrogen and oxygen atoms in total. The highest BCUT2D eigenvalue weighted by atomic mass is 79.9. The molecule has 0 spiro atoms. The van der Waals surface area contributed by atoms with Crippen molar-refractivity contribution in [2.24, 2.45) is 5.92 Å². The third kappa shape index (κ3) is 5.27. The number of piperidine rings is 1. The summed E-state index contributed by atoms with van der Waals surface area (Å²) in [6.07, 6.45) is 8.08. The normalized spacial score (nSPS) is 22.9. The Balaban J connectivity index is 0.000000755. The van der Waals surface area contributed by atoms with Crippen molar-refractivity contribution in [1.29, 1.82) is 5.26 Å². The average Bonchev–Trinajstić information content (AvgIpc) is 2.85. The molecule has 0 amide bonds. The third-order valence-electron chi connectivity index (χ3n) is 5.90. The lowest BCUT2D eigenvalue weighted by Gasteiger charge is -2.35. The number of aromatic nitrogens is 1. The Bertz CT molecular complexity index is 817. The minimum absolute atomic E-state index is 0.301. The molecule has 1 aromatic heterocycles. The molecule has 1 fully saturated rings. The van der Waals surface area contributed by atoms with Crippen molar-refractivity contribution >= 4 is 15.9 Å². The second kappa shape index (κ2) is 10.4. The highest BCUT2D eigenvalue weighted by Crippen LogP contribution is 2.43. The average molecular weight is 454 g/mol. The van der Waals surface area contributed by atoms with E-state index in [9.17, 15) is 0 Å². The van der Waals surface area contributed by atoms with Gasteiger partial charge in [-0.1, -0.05) is 44.0 Å². The van der Waals surface area contributed by atoms with Crippen molar-refractivity contribution in [2.45, 2.75) is 71.3 Å². The standard InChI is InChI=1S/C22H24BrN3.C3H8/c1-14-2-5-20-15(10-14)3-4-17-11-18(23)13-26-22(17)21(20)16-7-9-25-19(12-16)6-8-24;1-3-2/h2,5,10-11,13,16,19,21,25H,3-4,6-7,9,12H2,1H3;3H2,1-2H3. The number of benzene rings is 1. The number of aryl methyl sites for hydroxylation is 3. The number of nitrogens with zero attached hydrogens (tertiary/aromatic N) is 2. The molecule has 2 aliphatic rings. The van der Waals surface area contributed by atoms with Crippen LogP contribution in [0, 0.1) is 24.2 Å². The van der Waals surface area contributed by atoms with Crippen molar-refractivity contribution in [3.8, 4) is 6.07 Å². The van der Waals surface area contributed by atoms with Crippen molar-refractivity contribution < 1.29 is 0 Å². The van der Waals surface area contributed by atoms with Crippen molar-refractivity contribution in [1.82, 2.24) is 10.3 Å². The van der Waals surface area contributed by atoms with E-state index in [2.05, 4.69) is 72.4 Å². The molecule has 0 saturated carbocycles. The molecule has 1 N–H and O–H groups in total. The van der Waals surface area contributed by atoms with Crippen molar-refractivity contribution in [2.75, 3.05) is 6.54 Å². The van der Waals surface area contributed by atoms with E-state index in [1.165, 1.54) is 34.4 Å². The maximum absolute atomic E-state index is 9.13. The van der Waals surface area contributed by atoms with Gasteiger partial charge in [0.15, 0.2) is 0 Å². The predicted molar refractivity (Wildman–Crippen MR) is 123 cm³/mol. The second-order valence-corrected chi connectivity index (χ2v) is 9.30. The molecular weight excluding hydrogens is 422 g/mol. The Labute approximate surface area is 184 Å². The molecular formula is C25H32BrN3. The van der Waals surface area contributed by atoms with E-state index >= 15 is 0 Å². The zero-order valence-electron chi connectivity index (χ0n) is 17.8. The van der Waals surface area contributed by atoms with Crippen LogP contribution in [-0.4, -0.2) is 17.6 Å². The molecule has 0 bridgehead atoms. The van der Waals surface area contributed by atoms with E-state index in [4.69, 9.17) is 10.2 Å². The molecule has 4 heteroatoms. The Kier molecular flexibility index (Phi) is 7.86. The first-order valence-electron chi connectivity index (χ1n) is 10.9. The highest BCUT2D eigenvalue weighted by molar-refractivity contribution is 9.10. The summed E-state index contributed by atoms with van der Waals surface area (Å²) >= 11 is 3.60. The van der Waals surface area contributed by atoms with Crippen molar-refractivity contribution in [3.05, 3.63) is 62.9 Å². The highest BCUT2D eigenvalue weighted by Gasteiger charge is 2.34. The molecule has 2 aromatic rings. The maximum atomic E-state index is 9.13. The molecule has 3 unspecified atom stereocenters. The number of fused-ring (bicyclic) bond motifs is 2. The number of halogens is 1. The van der Waals surface area contributed by atoms with Gasteiger partial charge in [0.2, 0.25) is 0 Å². The quantitative estimate of drug-likeness (QED) is 0.598. The molecule has 3 atom stereocenters. The molecule has 154 valence electrons. The Morgan fingerprint density at radius 1 is 1.21 bits per heavy atom. The van der Waals surface area contributed by atoms with Crippen LogP contribution in [-0.2, 0) is 12.8 Å². The van der Waals surface area contributed by atoms with Gasteiger partial charge in [-0.25, -0.2) is 0 Å². The summed E-state index contributed by atoms with van der Waals surface area (Å²) in [5.41, 5.74) is 6.87. The zero-order chi connectivity index (χ0) is 20.8. The van der Waals surface area contributed by atoms with Gasteiger partial charge in [0.25, 0.3) is 0 Å². The summed E-state index contributed by atoms with van der Waals surface area (Å²) < 4.78 is 1.06.